The third-order valence-corrected chi connectivity index (χ3v) is 4.61. The molecule has 0 radical (unpaired) electrons. The molecule has 6 heteroatoms. The lowest BCUT2D eigenvalue weighted by Gasteiger charge is -2.29. The molecule has 0 spiro atoms. The van der Waals surface area contributed by atoms with Gasteiger partial charge in [-0.25, -0.2) is 0 Å². The quantitative estimate of drug-likeness (QED) is 0.585. The van der Waals surface area contributed by atoms with E-state index < -0.39 is 0 Å². The molecular formula is C19H28N4O2. The molecule has 6 nitrogen and oxygen atoms in total. The average molecular weight is 344 g/mol. The Morgan fingerprint density at radius 2 is 2.20 bits per heavy atom. The Morgan fingerprint density at radius 1 is 1.32 bits per heavy atom. The molecule has 2 aliphatic heterocycles. The van der Waals surface area contributed by atoms with Crippen molar-refractivity contribution in [3.05, 3.63) is 41.2 Å². The Balaban J connectivity index is 1.64. The van der Waals surface area contributed by atoms with Crippen LogP contribution in [0, 0.1) is 0 Å². The normalized spacial score (nSPS) is 16.6. The SMILES string of the molecule is CCOC(=O)CCCCC1=CN(C)NN1c1cccc2c1CCNC2. The molecule has 0 saturated carbocycles. The number of hydrogen-bond acceptors (Lipinski definition) is 6. The van der Waals surface area contributed by atoms with E-state index in [0.29, 0.717) is 13.0 Å². The summed E-state index contributed by atoms with van der Waals surface area (Å²) in [6, 6.07) is 6.51. The molecule has 3 rings (SSSR count). The summed E-state index contributed by atoms with van der Waals surface area (Å²) >= 11 is 0. The van der Waals surface area contributed by atoms with Gasteiger partial charge in [0.2, 0.25) is 0 Å². The lowest BCUT2D eigenvalue weighted by molar-refractivity contribution is -0.143. The fourth-order valence-corrected chi connectivity index (χ4v) is 3.45. The molecule has 0 aromatic heterocycles. The largest absolute Gasteiger partial charge is 0.466 e. The highest BCUT2D eigenvalue weighted by atomic mass is 16.5. The molecule has 0 unspecified atom stereocenters. The van der Waals surface area contributed by atoms with Gasteiger partial charge in [0, 0.05) is 26.2 Å². The van der Waals surface area contributed by atoms with Gasteiger partial charge in [0.15, 0.2) is 0 Å². The van der Waals surface area contributed by atoms with E-state index in [-0.39, 0.29) is 5.97 Å². The number of anilines is 1. The molecule has 2 N–H and O–H groups in total. The van der Waals surface area contributed by atoms with Crippen molar-refractivity contribution in [3.8, 4) is 0 Å². The Hall–Kier alpha value is -2.05. The number of hydrazine groups is 2. The summed E-state index contributed by atoms with van der Waals surface area (Å²) in [4.78, 5) is 11.5. The number of rotatable bonds is 7. The molecule has 0 fully saturated rings. The number of esters is 1. The van der Waals surface area contributed by atoms with Gasteiger partial charge in [0.25, 0.3) is 0 Å². The number of nitrogens with one attached hydrogen (secondary N) is 2. The van der Waals surface area contributed by atoms with Crippen LogP contribution in [-0.4, -0.2) is 31.2 Å². The number of carbonyl (C=O) groups excluding carboxylic acids is 1. The van der Waals surface area contributed by atoms with Crippen LogP contribution in [0.25, 0.3) is 0 Å². The van der Waals surface area contributed by atoms with Gasteiger partial charge >= 0.3 is 5.97 Å². The number of allylic oxidation sites excluding steroid dienone is 1. The third-order valence-electron chi connectivity index (χ3n) is 4.61. The Bertz CT molecular complexity index is 644. The third kappa shape index (κ3) is 4.32. The van der Waals surface area contributed by atoms with Crippen LogP contribution in [0.4, 0.5) is 5.69 Å². The topological polar surface area (TPSA) is 56.8 Å². The predicted molar refractivity (Wildman–Crippen MR) is 98.4 cm³/mol. The molecule has 25 heavy (non-hydrogen) atoms. The van der Waals surface area contributed by atoms with Gasteiger partial charge in [-0.05, 0) is 56.3 Å². The van der Waals surface area contributed by atoms with E-state index >= 15 is 0 Å². The zero-order valence-electron chi connectivity index (χ0n) is 15.2. The monoisotopic (exact) mass is 344 g/mol. The standard InChI is InChI=1S/C19H28N4O2/c1-3-25-19(24)10-5-4-8-16-14-22(2)21-23(16)18-9-6-7-15-13-20-12-11-17(15)18/h6-7,9,14,20-21H,3-5,8,10-13H2,1-2H3. The lowest BCUT2D eigenvalue weighted by atomic mass is 9.98. The number of benzene rings is 1. The van der Waals surface area contributed by atoms with Crippen LogP contribution in [0.3, 0.4) is 0 Å². The van der Waals surface area contributed by atoms with Gasteiger partial charge in [0.1, 0.15) is 0 Å². The summed E-state index contributed by atoms with van der Waals surface area (Å²) in [5, 5.41) is 7.61. The van der Waals surface area contributed by atoms with Crippen LogP contribution >= 0.6 is 0 Å². The summed E-state index contributed by atoms with van der Waals surface area (Å²) in [7, 11) is 2.01. The van der Waals surface area contributed by atoms with Gasteiger partial charge in [-0.2, -0.15) is 0 Å². The van der Waals surface area contributed by atoms with E-state index in [2.05, 4.69) is 40.3 Å². The summed E-state index contributed by atoms with van der Waals surface area (Å²) in [6.45, 7) is 4.26. The maximum atomic E-state index is 11.5. The number of carbonyl (C=O) groups is 1. The second kappa shape index (κ2) is 8.36. The average Bonchev–Trinajstić information content (AvgIpc) is 2.99. The summed E-state index contributed by atoms with van der Waals surface area (Å²) in [5.74, 6) is -0.0976. The number of hydrogen-bond donors (Lipinski definition) is 2. The second-order valence-corrected chi connectivity index (χ2v) is 6.52. The van der Waals surface area contributed by atoms with Gasteiger partial charge in [-0.1, -0.05) is 12.1 Å². The maximum Gasteiger partial charge on any atom is 0.305 e. The Kier molecular flexibility index (Phi) is 5.94. The van der Waals surface area contributed by atoms with Crippen molar-refractivity contribution >= 4 is 11.7 Å². The predicted octanol–water partition coefficient (Wildman–Crippen LogP) is 2.47. The number of ether oxygens (including phenoxy) is 1. The van der Waals surface area contributed by atoms with Crippen molar-refractivity contribution < 1.29 is 9.53 Å². The fraction of sp³-hybridized carbons (Fsp3) is 0.526. The highest BCUT2D eigenvalue weighted by Gasteiger charge is 2.24. The van der Waals surface area contributed by atoms with Crippen molar-refractivity contribution in [2.45, 2.75) is 45.6 Å². The first-order valence-electron chi connectivity index (χ1n) is 9.16. The zero-order valence-corrected chi connectivity index (χ0v) is 15.2. The maximum absolute atomic E-state index is 11.5. The molecule has 136 valence electrons. The van der Waals surface area contributed by atoms with E-state index in [9.17, 15) is 4.79 Å². The first kappa shape index (κ1) is 17.8. The minimum absolute atomic E-state index is 0.0976. The number of unbranched alkanes of at least 4 members (excludes halogenated alkanes) is 1. The van der Waals surface area contributed by atoms with E-state index in [1.807, 2.05) is 19.0 Å². The summed E-state index contributed by atoms with van der Waals surface area (Å²) in [6.07, 6.45) is 6.42. The zero-order chi connectivity index (χ0) is 17.6. The molecule has 1 aromatic carbocycles. The van der Waals surface area contributed by atoms with Crippen molar-refractivity contribution in [2.24, 2.45) is 0 Å². The first-order chi connectivity index (χ1) is 12.2. The van der Waals surface area contributed by atoms with E-state index in [4.69, 9.17) is 4.74 Å². The van der Waals surface area contributed by atoms with Crippen LogP contribution in [-0.2, 0) is 22.5 Å². The van der Waals surface area contributed by atoms with Crippen LogP contribution in [0.15, 0.2) is 30.1 Å². The van der Waals surface area contributed by atoms with Crippen molar-refractivity contribution in [1.29, 1.82) is 0 Å². The molecular weight excluding hydrogens is 316 g/mol. The molecule has 2 aliphatic rings. The van der Waals surface area contributed by atoms with E-state index in [0.717, 1.165) is 38.8 Å². The van der Waals surface area contributed by atoms with Crippen LogP contribution < -0.4 is 15.9 Å². The van der Waals surface area contributed by atoms with E-state index in [1.54, 1.807) is 0 Å². The van der Waals surface area contributed by atoms with Gasteiger partial charge < -0.3 is 10.1 Å². The lowest BCUT2D eigenvalue weighted by Crippen LogP contribution is -2.40. The van der Waals surface area contributed by atoms with Gasteiger partial charge in [-0.15, -0.1) is 5.53 Å². The van der Waals surface area contributed by atoms with Gasteiger partial charge in [0.05, 0.1) is 18.0 Å². The molecule has 0 bridgehead atoms. The molecule has 0 aliphatic carbocycles. The van der Waals surface area contributed by atoms with Crippen molar-refractivity contribution in [3.63, 3.8) is 0 Å². The Labute approximate surface area is 149 Å². The molecule has 1 aromatic rings. The van der Waals surface area contributed by atoms with Crippen LogP contribution in [0.1, 0.15) is 43.7 Å². The minimum Gasteiger partial charge on any atom is -0.466 e. The van der Waals surface area contributed by atoms with Crippen LogP contribution in [0.5, 0.6) is 0 Å². The number of fused-ring (bicyclic) bond motifs is 1. The molecule has 0 saturated heterocycles. The Morgan fingerprint density at radius 3 is 3.04 bits per heavy atom. The molecule has 2 heterocycles. The summed E-state index contributed by atoms with van der Waals surface area (Å²) < 4.78 is 4.99. The van der Waals surface area contributed by atoms with Crippen molar-refractivity contribution in [2.75, 3.05) is 25.2 Å². The van der Waals surface area contributed by atoms with Crippen molar-refractivity contribution in [1.82, 2.24) is 15.9 Å². The van der Waals surface area contributed by atoms with Crippen LogP contribution in [0.2, 0.25) is 0 Å². The fourth-order valence-electron chi connectivity index (χ4n) is 3.45. The van der Waals surface area contributed by atoms with Gasteiger partial charge in [-0.3, -0.25) is 14.8 Å². The summed E-state index contributed by atoms with van der Waals surface area (Å²) in [5.41, 5.74) is 8.67. The highest BCUT2D eigenvalue weighted by Crippen LogP contribution is 2.31. The molecule has 0 atom stereocenters. The smallest absolute Gasteiger partial charge is 0.305 e. The second-order valence-electron chi connectivity index (χ2n) is 6.52. The minimum atomic E-state index is -0.0976. The van der Waals surface area contributed by atoms with E-state index in [1.165, 1.54) is 22.5 Å². The first-order valence-corrected chi connectivity index (χ1v) is 9.16. The molecule has 0 amide bonds. The number of nitrogens with zero attached hydrogens (tertiary/aromatic N) is 2. The highest BCUT2D eigenvalue weighted by molar-refractivity contribution is 5.69.